The number of esters is 1. The van der Waals surface area contributed by atoms with E-state index in [1.54, 1.807) is 0 Å². The number of carbonyl (C=O) groups excluding carboxylic acids is 2. The molecule has 1 amide bonds. The third-order valence-corrected chi connectivity index (χ3v) is 2.80. The quantitative estimate of drug-likeness (QED) is 0.555. The SMILES string of the molecule is COC(=O)CCCN[C@@H](Cc1ccccc1)C(N)=O.Cl. The van der Waals surface area contributed by atoms with Crippen molar-refractivity contribution in [3.63, 3.8) is 0 Å². The Balaban J connectivity index is 0.00000361. The van der Waals surface area contributed by atoms with Crippen molar-refractivity contribution in [3.8, 4) is 0 Å². The van der Waals surface area contributed by atoms with Crippen LogP contribution in [0.2, 0.25) is 0 Å². The molecule has 1 aromatic carbocycles. The molecule has 0 spiro atoms. The summed E-state index contributed by atoms with van der Waals surface area (Å²) in [5.41, 5.74) is 6.41. The minimum Gasteiger partial charge on any atom is -0.469 e. The third kappa shape index (κ3) is 7.11. The lowest BCUT2D eigenvalue weighted by molar-refractivity contribution is -0.140. The van der Waals surface area contributed by atoms with Gasteiger partial charge in [-0.25, -0.2) is 0 Å². The molecule has 0 saturated carbocycles. The summed E-state index contributed by atoms with van der Waals surface area (Å²) in [6, 6.07) is 9.25. The predicted octanol–water partition coefficient (Wildman–Crippen LogP) is 1.05. The molecule has 0 bridgehead atoms. The van der Waals surface area contributed by atoms with Crippen LogP contribution in [0.25, 0.3) is 0 Å². The van der Waals surface area contributed by atoms with Crippen molar-refractivity contribution < 1.29 is 14.3 Å². The highest BCUT2D eigenvalue weighted by molar-refractivity contribution is 5.85. The number of amides is 1. The second-order valence-electron chi connectivity index (χ2n) is 4.28. The summed E-state index contributed by atoms with van der Waals surface area (Å²) >= 11 is 0. The molecule has 1 atom stereocenters. The van der Waals surface area contributed by atoms with Crippen molar-refractivity contribution >= 4 is 24.3 Å². The molecule has 5 nitrogen and oxygen atoms in total. The number of hydrogen-bond donors (Lipinski definition) is 2. The Labute approximate surface area is 125 Å². The number of halogens is 1. The van der Waals surface area contributed by atoms with Gasteiger partial charge in [-0.3, -0.25) is 9.59 Å². The minimum absolute atomic E-state index is 0. The van der Waals surface area contributed by atoms with E-state index in [2.05, 4.69) is 10.1 Å². The van der Waals surface area contributed by atoms with Gasteiger partial charge in [-0.2, -0.15) is 0 Å². The Morgan fingerprint density at radius 2 is 1.95 bits per heavy atom. The first-order valence-electron chi connectivity index (χ1n) is 6.27. The number of ether oxygens (including phenoxy) is 1. The molecule has 0 aliphatic heterocycles. The smallest absolute Gasteiger partial charge is 0.305 e. The van der Waals surface area contributed by atoms with Crippen LogP contribution in [-0.2, 0) is 20.7 Å². The lowest BCUT2D eigenvalue weighted by atomic mass is 10.1. The average molecular weight is 301 g/mol. The van der Waals surface area contributed by atoms with Crippen LogP contribution in [0, 0.1) is 0 Å². The molecule has 1 aromatic rings. The van der Waals surface area contributed by atoms with Gasteiger partial charge in [0.25, 0.3) is 0 Å². The molecule has 112 valence electrons. The third-order valence-electron chi connectivity index (χ3n) is 2.80. The first-order valence-corrected chi connectivity index (χ1v) is 6.27. The fourth-order valence-corrected chi connectivity index (χ4v) is 1.73. The highest BCUT2D eigenvalue weighted by atomic mass is 35.5. The molecule has 0 fully saturated rings. The summed E-state index contributed by atoms with van der Waals surface area (Å²) in [5.74, 6) is -0.637. The second kappa shape index (κ2) is 10.2. The molecule has 0 unspecified atom stereocenters. The van der Waals surface area contributed by atoms with Crippen LogP contribution in [0.5, 0.6) is 0 Å². The number of carbonyl (C=O) groups is 2. The zero-order valence-corrected chi connectivity index (χ0v) is 12.3. The van der Waals surface area contributed by atoms with E-state index in [1.807, 2.05) is 30.3 Å². The van der Waals surface area contributed by atoms with Gasteiger partial charge in [-0.05, 0) is 24.9 Å². The monoisotopic (exact) mass is 300 g/mol. The van der Waals surface area contributed by atoms with Crippen molar-refractivity contribution in [1.82, 2.24) is 5.32 Å². The summed E-state index contributed by atoms with van der Waals surface area (Å²) in [6.07, 6.45) is 1.50. The van der Waals surface area contributed by atoms with Crippen LogP contribution < -0.4 is 11.1 Å². The first-order chi connectivity index (χ1) is 9.13. The summed E-state index contributed by atoms with van der Waals surface area (Å²) in [5, 5.41) is 3.06. The van der Waals surface area contributed by atoms with Gasteiger partial charge in [0.1, 0.15) is 0 Å². The van der Waals surface area contributed by atoms with Crippen LogP contribution >= 0.6 is 12.4 Å². The maximum absolute atomic E-state index is 11.4. The van der Waals surface area contributed by atoms with Gasteiger partial charge in [0.15, 0.2) is 0 Å². The molecule has 6 heteroatoms. The maximum atomic E-state index is 11.4. The van der Waals surface area contributed by atoms with Crippen molar-refractivity contribution in [3.05, 3.63) is 35.9 Å². The molecule has 0 aliphatic rings. The molecule has 20 heavy (non-hydrogen) atoms. The van der Waals surface area contributed by atoms with E-state index in [0.29, 0.717) is 25.8 Å². The number of methoxy groups -OCH3 is 1. The molecule has 3 N–H and O–H groups in total. The molecule has 1 rings (SSSR count). The Kier molecular flexibility index (Phi) is 9.41. The molecule has 0 heterocycles. The van der Waals surface area contributed by atoms with Crippen molar-refractivity contribution in [1.29, 1.82) is 0 Å². The Morgan fingerprint density at radius 3 is 2.50 bits per heavy atom. The van der Waals surface area contributed by atoms with E-state index in [4.69, 9.17) is 5.73 Å². The maximum Gasteiger partial charge on any atom is 0.305 e. The van der Waals surface area contributed by atoms with Gasteiger partial charge in [-0.1, -0.05) is 30.3 Å². The second-order valence-corrected chi connectivity index (χ2v) is 4.28. The van der Waals surface area contributed by atoms with Crippen LogP contribution in [0.1, 0.15) is 18.4 Å². The summed E-state index contributed by atoms with van der Waals surface area (Å²) in [4.78, 5) is 22.3. The lowest BCUT2D eigenvalue weighted by Gasteiger charge is -2.15. The molecule has 0 aromatic heterocycles. The first kappa shape index (κ1) is 18.4. The predicted molar refractivity (Wildman–Crippen MR) is 79.6 cm³/mol. The van der Waals surface area contributed by atoms with Gasteiger partial charge in [0, 0.05) is 6.42 Å². The van der Waals surface area contributed by atoms with Crippen molar-refractivity contribution in [2.75, 3.05) is 13.7 Å². The Morgan fingerprint density at radius 1 is 1.30 bits per heavy atom. The highest BCUT2D eigenvalue weighted by Gasteiger charge is 2.14. The highest BCUT2D eigenvalue weighted by Crippen LogP contribution is 2.03. The Hall–Kier alpha value is -1.59. The van der Waals surface area contributed by atoms with Crippen LogP contribution in [0.4, 0.5) is 0 Å². The lowest BCUT2D eigenvalue weighted by Crippen LogP contribution is -2.43. The van der Waals surface area contributed by atoms with Crippen LogP contribution in [0.3, 0.4) is 0 Å². The van der Waals surface area contributed by atoms with Gasteiger partial charge in [-0.15, -0.1) is 12.4 Å². The van der Waals surface area contributed by atoms with Crippen LogP contribution in [0.15, 0.2) is 30.3 Å². The molecule has 0 radical (unpaired) electrons. The normalized spacial score (nSPS) is 11.2. The largest absolute Gasteiger partial charge is 0.469 e. The van der Waals surface area contributed by atoms with Crippen molar-refractivity contribution in [2.24, 2.45) is 5.73 Å². The fourth-order valence-electron chi connectivity index (χ4n) is 1.73. The average Bonchev–Trinajstić information content (AvgIpc) is 2.42. The summed E-state index contributed by atoms with van der Waals surface area (Å²) < 4.78 is 4.54. The van der Waals surface area contributed by atoms with Gasteiger partial charge in [0.2, 0.25) is 5.91 Å². The van der Waals surface area contributed by atoms with E-state index < -0.39 is 6.04 Å². The molecule has 0 aliphatic carbocycles. The van der Waals surface area contributed by atoms with Gasteiger partial charge in [0.05, 0.1) is 13.2 Å². The number of benzene rings is 1. The van der Waals surface area contributed by atoms with E-state index in [1.165, 1.54) is 7.11 Å². The summed E-state index contributed by atoms with van der Waals surface area (Å²) in [7, 11) is 1.36. The fraction of sp³-hybridized carbons (Fsp3) is 0.429. The topological polar surface area (TPSA) is 81.4 Å². The molecular weight excluding hydrogens is 280 g/mol. The van der Waals surface area contributed by atoms with Gasteiger partial charge < -0.3 is 15.8 Å². The zero-order chi connectivity index (χ0) is 14.1. The molecular formula is C14H21ClN2O3. The van der Waals surface area contributed by atoms with Crippen LogP contribution in [-0.4, -0.2) is 31.6 Å². The van der Waals surface area contributed by atoms with E-state index >= 15 is 0 Å². The number of rotatable bonds is 8. The molecule has 0 saturated heterocycles. The minimum atomic E-state index is -0.417. The van der Waals surface area contributed by atoms with Gasteiger partial charge >= 0.3 is 5.97 Å². The number of hydrogen-bond acceptors (Lipinski definition) is 4. The zero-order valence-electron chi connectivity index (χ0n) is 11.5. The standard InChI is InChI=1S/C14H20N2O3.ClH/c1-19-13(17)8-5-9-16-12(14(15)18)10-11-6-3-2-4-7-11;/h2-4,6-7,12,16H,5,8-10H2,1H3,(H2,15,18);1H/t12-;/m0./s1. The van der Waals surface area contributed by atoms with E-state index in [9.17, 15) is 9.59 Å². The number of nitrogens with two attached hydrogens (primary N) is 1. The van der Waals surface area contributed by atoms with E-state index in [0.717, 1.165) is 5.56 Å². The van der Waals surface area contributed by atoms with Crippen molar-refractivity contribution in [2.45, 2.75) is 25.3 Å². The number of primary amides is 1. The Bertz CT molecular complexity index is 412. The number of nitrogens with one attached hydrogen (secondary N) is 1. The van der Waals surface area contributed by atoms with E-state index in [-0.39, 0.29) is 24.3 Å². The summed E-state index contributed by atoms with van der Waals surface area (Å²) in [6.45, 7) is 0.551.